The largest absolute Gasteiger partial charge is 0.380 e. The molecule has 6 heteroatoms. The van der Waals surface area contributed by atoms with Crippen LogP contribution in [0.15, 0.2) is 0 Å². The third kappa shape index (κ3) is 14.5. The number of thiol groups is 2. The van der Waals surface area contributed by atoms with E-state index in [-0.39, 0.29) is 0 Å². The fraction of sp³-hybridized carbons (Fsp3) is 1.00. The highest BCUT2D eigenvalue weighted by atomic mass is 32.1. The summed E-state index contributed by atoms with van der Waals surface area (Å²) in [5.41, 5.74) is 0. The predicted molar refractivity (Wildman–Crippen MR) is 128 cm³/mol. The van der Waals surface area contributed by atoms with Crippen molar-refractivity contribution in [1.82, 2.24) is 10.6 Å². The van der Waals surface area contributed by atoms with E-state index in [1.807, 2.05) is 0 Å². The van der Waals surface area contributed by atoms with Crippen molar-refractivity contribution >= 4 is 25.3 Å². The van der Waals surface area contributed by atoms with E-state index >= 15 is 0 Å². The van der Waals surface area contributed by atoms with Gasteiger partial charge in [-0.3, -0.25) is 0 Å². The molecule has 1 fully saturated rings. The van der Waals surface area contributed by atoms with E-state index in [0.717, 1.165) is 52.6 Å². The Hall–Kier alpha value is 0.540. The predicted octanol–water partition coefficient (Wildman–Crippen LogP) is 4.20. The molecule has 0 amide bonds. The number of ether oxygens (including phenoxy) is 2. The normalized spacial score (nSPS) is 22.3. The van der Waals surface area contributed by atoms with Gasteiger partial charge in [-0.1, -0.05) is 26.7 Å². The molecule has 1 saturated carbocycles. The maximum absolute atomic E-state index is 5.93. The number of rotatable bonds is 18. The molecular weight excluding hydrogens is 388 g/mol. The van der Waals surface area contributed by atoms with Gasteiger partial charge in [0.2, 0.25) is 0 Å². The van der Waals surface area contributed by atoms with Crippen molar-refractivity contribution in [3.8, 4) is 0 Å². The van der Waals surface area contributed by atoms with Gasteiger partial charge in [-0.25, -0.2) is 0 Å². The fourth-order valence-electron chi connectivity index (χ4n) is 3.57. The van der Waals surface area contributed by atoms with Crippen molar-refractivity contribution in [1.29, 1.82) is 0 Å². The van der Waals surface area contributed by atoms with Crippen LogP contribution in [0, 0.1) is 11.8 Å². The first-order chi connectivity index (χ1) is 13.7. The lowest BCUT2D eigenvalue weighted by Gasteiger charge is -2.28. The van der Waals surface area contributed by atoms with Gasteiger partial charge in [0.25, 0.3) is 0 Å². The minimum Gasteiger partial charge on any atom is -0.380 e. The van der Waals surface area contributed by atoms with Crippen molar-refractivity contribution in [2.24, 2.45) is 11.8 Å². The van der Waals surface area contributed by atoms with Gasteiger partial charge in [0.05, 0.1) is 13.2 Å². The SMILES string of the molecule is CCCCNCC(S)COCC1CCC(COCC(S)CNCCCC)CC1. The van der Waals surface area contributed by atoms with E-state index in [2.05, 4.69) is 49.7 Å². The quantitative estimate of drug-likeness (QED) is 0.193. The number of nitrogens with one attached hydrogen (secondary N) is 2. The summed E-state index contributed by atoms with van der Waals surface area (Å²) < 4.78 is 11.9. The van der Waals surface area contributed by atoms with Gasteiger partial charge in [0.1, 0.15) is 0 Å². The van der Waals surface area contributed by atoms with E-state index in [1.54, 1.807) is 0 Å². The number of unbranched alkanes of at least 4 members (excludes halogenated alkanes) is 2. The minimum atomic E-state index is 0.298. The summed E-state index contributed by atoms with van der Waals surface area (Å²) in [6, 6.07) is 0. The standard InChI is InChI=1S/C22H46N2O2S2/c1-3-5-11-23-13-21(27)17-25-15-19-7-9-20(10-8-19)16-26-18-22(28)14-24-12-6-4-2/h19-24,27-28H,3-18H2,1-2H3. The van der Waals surface area contributed by atoms with Crippen LogP contribution in [0.5, 0.6) is 0 Å². The summed E-state index contributed by atoms with van der Waals surface area (Å²) in [6.07, 6.45) is 10.0. The molecule has 28 heavy (non-hydrogen) atoms. The molecule has 2 N–H and O–H groups in total. The average molecular weight is 435 g/mol. The zero-order valence-corrected chi connectivity index (χ0v) is 20.1. The van der Waals surface area contributed by atoms with Crippen LogP contribution in [0.25, 0.3) is 0 Å². The highest BCUT2D eigenvalue weighted by molar-refractivity contribution is 7.81. The molecule has 0 aromatic carbocycles. The Bertz CT molecular complexity index is 310. The molecule has 168 valence electrons. The lowest BCUT2D eigenvalue weighted by molar-refractivity contribution is 0.0508. The second-order valence-corrected chi connectivity index (χ2v) is 9.85. The molecule has 2 atom stereocenters. The van der Waals surface area contributed by atoms with Crippen molar-refractivity contribution in [3.63, 3.8) is 0 Å². The van der Waals surface area contributed by atoms with Crippen molar-refractivity contribution in [2.75, 3.05) is 52.6 Å². The summed E-state index contributed by atoms with van der Waals surface area (Å²) in [6.45, 7) is 11.8. The van der Waals surface area contributed by atoms with Crippen molar-refractivity contribution in [3.05, 3.63) is 0 Å². The molecular formula is C22H46N2O2S2. The van der Waals surface area contributed by atoms with Crippen LogP contribution in [0.4, 0.5) is 0 Å². The minimum absolute atomic E-state index is 0.298. The summed E-state index contributed by atoms with van der Waals surface area (Å²) in [5, 5.41) is 7.49. The highest BCUT2D eigenvalue weighted by Gasteiger charge is 2.22. The van der Waals surface area contributed by atoms with Crippen LogP contribution in [0.3, 0.4) is 0 Å². The lowest BCUT2D eigenvalue weighted by atomic mass is 9.83. The highest BCUT2D eigenvalue weighted by Crippen LogP contribution is 2.29. The Balaban J connectivity index is 1.96. The molecule has 0 aromatic heterocycles. The van der Waals surface area contributed by atoms with E-state index < -0.39 is 0 Å². The summed E-state index contributed by atoms with van der Waals surface area (Å²) >= 11 is 9.23. The summed E-state index contributed by atoms with van der Waals surface area (Å²) in [5.74, 6) is 1.43. The zero-order valence-electron chi connectivity index (χ0n) is 18.3. The Labute approximate surface area is 185 Å². The van der Waals surface area contributed by atoms with Gasteiger partial charge in [-0.05, 0) is 63.5 Å². The molecule has 1 rings (SSSR count). The first-order valence-electron chi connectivity index (χ1n) is 11.6. The molecule has 2 unspecified atom stereocenters. The van der Waals surface area contributed by atoms with E-state index in [1.165, 1.54) is 51.4 Å². The molecule has 0 spiro atoms. The summed E-state index contributed by atoms with van der Waals surface area (Å²) in [7, 11) is 0. The van der Waals surface area contributed by atoms with Crippen LogP contribution in [-0.4, -0.2) is 63.1 Å². The van der Waals surface area contributed by atoms with Gasteiger partial charge < -0.3 is 20.1 Å². The second-order valence-electron chi connectivity index (χ2n) is 8.38. The van der Waals surface area contributed by atoms with Gasteiger partial charge in [-0.15, -0.1) is 0 Å². The molecule has 0 heterocycles. The van der Waals surface area contributed by atoms with Crippen molar-refractivity contribution < 1.29 is 9.47 Å². The Morgan fingerprint density at radius 3 is 1.50 bits per heavy atom. The number of hydrogen-bond acceptors (Lipinski definition) is 6. The van der Waals surface area contributed by atoms with Crippen LogP contribution in [0.2, 0.25) is 0 Å². The Kier molecular flexibility index (Phi) is 17.4. The monoisotopic (exact) mass is 434 g/mol. The maximum Gasteiger partial charge on any atom is 0.0594 e. The van der Waals surface area contributed by atoms with E-state index in [0.29, 0.717) is 22.3 Å². The van der Waals surface area contributed by atoms with Crippen LogP contribution in [0.1, 0.15) is 65.2 Å². The third-order valence-electron chi connectivity index (χ3n) is 5.47. The number of hydrogen-bond donors (Lipinski definition) is 4. The molecule has 0 aliphatic heterocycles. The smallest absolute Gasteiger partial charge is 0.0594 e. The molecule has 0 aromatic rings. The zero-order chi connectivity index (χ0) is 20.5. The van der Waals surface area contributed by atoms with Gasteiger partial charge in [0, 0.05) is 36.8 Å². The first kappa shape index (κ1) is 26.6. The maximum atomic E-state index is 5.93. The lowest BCUT2D eigenvalue weighted by Crippen LogP contribution is -2.29. The van der Waals surface area contributed by atoms with Crippen LogP contribution < -0.4 is 10.6 Å². The van der Waals surface area contributed by atoms with Crippen LogP contribution in [-0.2, 0) is 9.47 Å². The van der Waals surface area contributed by atoms with Gasteiger partial charge in [-0.2, -0.15) is 25.3 Å². The van der Waals surface area contributed by atoms with E-state index in [4.69, 9.17) is 9.47 Å². The molecule has 0 bridgehead atoms. The second kappa shape index (κ2) is 18.3. The van der Waals surface area contributed by atoms with Gasteiger partial charge in [0.15, 0.2) is 0 Å². The first-order valence-corrected chi connectivity index (χ1v) is 12.6. The fourth-order valence-corrected chi connectivity index (χ4v) is 4.03. The molecule has 0 saturated heterocycles. The average Bonchev–Trinajstić information content (AvgIpc) is 2.70. The third-order valence-corrected chi connectivity index (χ3v) is 6.13. The summed E-state index contributed by atoms with van der Waals surface area (Å²) in [4.78, 5) is 0. The van der Waals surface area contributed by atoms with E-state index in [9.17, 15) is 0 Å². The molecule has 4 nitrogen and oxygen atoms in total. The Morgan fingerprint density at radius 1 is 0.750 bits per heavy atom. The molecule has 1 aliphatic carbocycles. The molecule has 1 aliphatic rings. The topological polar surface area (TPSA) is 42.5 Å². The van der Waals surface area contributed by atoms with Gasteiger partial charge >= 0.3 is 0 Å². The van der Waals surface area contributed by atoms with Crippen LogP contribution >= 0.6 is 25.3 Å². The van der Waals surface area contributed by atoms with Crippen molar-refractivity contribution in [2.45, 2.75) is 75.7 Å². The Morgan fingerprint density at radius 2 is 1.14 bits per heavy atom. The molecule has 0 radical (unpaired) electrons.